The lowest BCUT2D eigenvalue weighted by atomic mass is 10.1. The molecule has 0 heterocycles. The molecule has 0 saturated carbocycles. The van der Waals surface area contributed by atoms with Crippen LogP contribution in [0.5, 0.6) is 0 Å². The maximum atomic E-state index is 13.2. The summed E-state index contributed by atoms with van der Waals surface area (Å²) in [5.41, 5.74) is 0.749. The summed E-state index contributed by atoms with van der Waals surface area (Å²) in [5.74, 6) is -0.750. The molecule has 2 aromatic rings. The van der Waals surface area contributed by atoms with E-state index in [1.54, 1.807) is 37.3 Å². The van der Waals surface area contributed by atoms with E-state index in [-0.39, 0.29) is 28.9 Å². The molecule has 23 heavy (non-hydrogen) atoms. The molecule has 0 aromatic heterocycles. The molecule has 1 N–H and O–H groups in total. The molecule has 4 nitrogen and oxygen atoms in total. The zero-order chi connectivity index (χ0) is 16.9. The molecule has 0 aliphatic carbocycles. The molecule has 0 radical (unpaired) electrons. The third-order valence-corrected chi connectivity index (χ3v) is 5.21. The molecular formula is C17H18FNO3S. The number of halogens is 1. The number of amides is 1. The Morgan fingerprint density at radius 2 is 1.83 bits per heavy atom. The van der Waals surface area contributed by atoms with Gasteiger partial charge in [-0.2, -0.15) is 0 Å². The molecule has 0 aliphatic heterocycles. The first-order valence-electron chi connectivity index (χ1n) is 7.22. The minimum Gasteiger partial charge on any atom is -0.352 e. The van der Waals surface area contributed by atoms with Crippen molar-refractivity contribution in [2.24, 2.45) is 0 Å². The van der Waals surface area contributed by atoms with E-state index in [1.807, 2.05) is 0 Å². The average Bonchev–Trinajstić information content (AvgIpc) is 2.55. The van der Waals surface area contributed by atoms with Crippen LogP contribution in [0.25, 0.3) is 0 Å². The number of aryl methyl sites for hydroxylation is 1. The molecule has 2 rings (SSSR count). The van der Waals surface area contributed by atoms with Gasteiger partial charge < -0.3 is 5.32 Å². The van der Waals surface area contributed by atoms with Crippen LogP contribution in [0.3, 0.4) is 0 Å². The summed E-state index contributed by atoms with van der Waals surface area (Å²) in [7, 11) is -3.34. The second kappa shape index (κ2) is 7.37. The molecule has 0 aliphatic rings. The number of hydrogen-bond acceptors (Lipinski definition) is 3. The zero-order valence-electron chi connectivity index (χ0n) is 12.8. The second-order valence-electron chi connectivity index (χ2n) is 5.21. The summed E-state index contributed by atoms with van der Waals surface area (Å²) < 4.78 is 37.3. The quantitative estimate of drug-likeness (QED) is 0.826. The Morgan fingerprint density at radius 3 is 2.48 bits per heavy atom. The van der Waals surface area contributed by atoms with Crippen LogP contribution in [-0.4, -0.2) is 26.6 Å². The van der Waals surface area contributed by atoms with Crippen LogP contribution in [-0.2, 0) is 9.84 Å². The van der Waals surface area contributed by atoms with Crippen LogP contribution in [0.4, 0.5) is 4.39 Å². The lowest BCUT2D eigenvalue weighted by molar-refractivity contribution is 0.0953. The maximum absolute atomic E-state index is 13.2. The Balaban J connectivity index is 1.85. The lowest BCUT2D eigenvalue weighted by Gasteiger charge is -2.07. The van der Waals surface area contributed by atoms with Gasteiger partial charge in [0.25, 0.3) is 5.91 Å². The van der Waals surface area contributed by atoms with Crippen LogP contribution in [0.1, 0.15) is 22.3 Å². The minimum atomic E-state index is -3.34. The molecule has 0 fully saturated rings. The standard InChI is InChI=1S/C17H18FNO3S/c1-13-12-14(8-9-16(13)18)17(20)19-10-5-11-23(21,22)15-6-3-2-4-7-15/h2-4,6-9,12H,5,10-11H2,1H3,(H,19,20). The van der Waals surface area contributed by atoms with E-state index < -0.39 is 9.84 Å². The summed E-state index contributed by atoms with van der Waals surface area (Å²) >= 11 is 0. The molecule has 6 heteroatoms. The van der Waals surface area contributed by atoms with E-state index in [1.165, 1.54) is 18.2 Å². The van der Waals surface area contributed by atoms with Gasteiger partial charge in [0.1, 0.15) is 5.82 Å². The highest BCUT2D eigenvalue weighted by molar-refractivity contribution is 7.91. The smallest absolute Gasteiger partial charge is 0.251 e. The molecule has 0 bridgehead atoms. The number of sulfone groups is 1. The van der Waals surface area contributed by atoms with Gasteiger partial charge >= 0.3 is 0 Å². The first kappa shape index (κ1) is 17.1. The zero-order valence-corrected chi connectivity index (χ0v) is 13.6. The molecule has 0 saturated heterocycles. The number of nitrogens with one attached hydrogen (secondary N) is 1. The third kappa shape index (κ3) is 4.63. The first-order chi connectivity index (χ1) is 10.9. The Kier molecular flexibility index (Phi) is 5.50. The predicted molar refractivity (Wildman–Crippen MR) is 86.6 cm³/mol. The van der Waals surface area contributed by atoms with Crippen LogP contribution in [0, 0.1) is 12.7 Å². The summed E-state index contributed by atoms with van der Waals surface area (Å²) in [6, 6.07) is 12.3. The number of carbonyl (C=O) groups excluding carboxylic acids is 1. The minimum absolute atomic E-state index is 0.0419. The molecule has 0 atom stereocenters. The third-order valence-electron chi connectivity index (χ3n) is 3.40. The Labute approximate surface area is 135 Å². The molecule has 122 valence electrons. The Hall–Kier alpha value is -2.21. The van der Waals surface area contributed by atoms with Crippen LogP contribution in [0.15, 0.2) is 53.4 Å². The SMILES string of the molecule is Cc1cc(C(=O)NCCCS(=O)(=O)c2ccccc2)ccc1F. The normalized spacial score (nSPS) is 11.2. The van der Waals surface area contributed by atoms with Crippen molar-refractivity contribution in [3.8, 4) is 0 Å². The van der Waals surface area contributed by atoms with Gasteiger partial charge in [-0.3, -0.25) is 4.79 Å². The van der Waals surface area contributed by atoms with Gasteiger partial charge in [-0.25, -0.2) is 12.8 Å². The van der Waals surface area contributed by atoms with Gasteiger partial charge in [0.05, 0.1) is 10.6 Å². The van der Waals surface area contributed by atoms with Crippen molar-refractivity contribution >= 4 is 15.7 Å². The molecule has 0 spiro atoms. The van der Waals surface area contributed by atoms with Gasteiger partial charge in [-0.1, -0.05) is 18.2 Å². The first-order valence-corrected chi connectivity index (χ1v) is 8.87. The van der Waals surface area contributed by atoms with Crippen molar-refractivity contribution in [1.29, 1.82) is 0 Å². The highest BCUT2D eigenvalue weighted by Gasteiger charge is 2.13. The van der Waals surface area contributed by atoms with Crippen molar-refractivity contribution in [1.82, 2.24) is 5.32 Å². The summed E-state index contributed by atoms with van der Waals surface area (Å²) in [6.07, 6.45) is 0.309. The van der Waals surface area contributed by atoms with Crippen molar-refractivity contribution in [3.63, 3.8) is 0 Å². The summed E-state index contributed by atoms with van der Waals surface area (Å²) in [4.78, 5) is 12.2. The average molecular weight is 335 g/mol. The fourth-order valence-electron chi connectivity index (χ4n) is 2.10. The molecular weight excluding hydrogens is 317 g/mol. The monoisotopic (exact) mass is 335 g/mol. The van der Waals surface area contributed by atoms with E-state index in [9.17, 15) is 17.6 Å². The highest BCUT2D eigenvalue weighted by atomic mass is 32.2. The Morgan fingerprint density at radius 1 is 1.13 bits per heavy atom. The van der Waals surface area contributed by atoms with Gasteiger partial charge in [0.15, 0.2) is 9.84 Å². The van der Waals surface area contributed by atoms with E-state index in [4.69, 9.17) is 0 Å². The largest absolute Gasteiger partial charge is 0.352 e. The van der Waals surface area contributed by atoms with Gasteiger partial charge in [-0.15, -0.1) is 0 Å². The summed E-state index contributed by atoms with van der Waals surface area (Å²) in [6.45, 7) is 1.82. The second-order valence-corrected chi connectivity index (χ2v) is 7.31. The van der Waals surface area contributed by atoms with E-state index >= 15 is 0 Å². The van der Waals surface area contributed by atoms with Crippen molar-refractivity contribution in [2.75, 3.05) is 12.3 Å². The van der Waals surface area contributed by atoms with Crippen LogP contribution in [0.2, 0.25) is 0 Å². The van der Waals surface area contributed by atoms with E-state index in [0.717, 1.165) is 0 Å². The lowest BCUT2D eigenvalue weighted by Crippen LogP contribution is -2.26. The van der Waals surface area contributed by atoms with Gasteiger partial charge in [0, 0.05) is 12.1 Å². The van der Waals surface area contributed by atoms with Gasteiger partial charge in [0.2, 0.25) is 0 Å². The number of rotatable bonds is 6. The molecule has 2 aromatic carbocycles. The highest BCUT2D eigenvalue weighted by Crippen LogP contribution is 2.11. The fourth-order valence-corrected chi connectivity index (χ4v) is 3.43. The van der Waals surface area contributed by atoms with E-state index in [2.05, 4.69) is 5.32 Å². The van der Waals surface area contributed by atoms with E-state index in [0.29, 0.717) is 17.5 Å². The van der Waals surface area contributed by atoms with Crippen molar-refractivity contribution < 1.29 is 17.6 Å². The topological polar surface area (TPSA) is 63.2 Å². The van der Waals surface area contributed by atoms with Gasteiger partial charge in [-0.05, 0) is 49.2 Å². The van der Waals surface area contributed by atoms with Crippen molar-refractivity contribution in [3.05, 3.63) is 65.5 Å². The maximum Gasteiger partial charge on any atom is 0.251 e. The van der Waals surface area contributed by atoms with Crippen LogP contribution < -0.4 is 5.32 Å². The molecule has 1 amide bonds. The number of carbonyl (C=O) groups is 1. The molecule has 0 unspecified atom stereocenters. The predicted octanol–water partition coefficient (Wildman–Crippen LogP) is 2.73. The summed E-state index contributed by atoms with van der Waals surface area (Å²) in [5, 5.41) is 2.64. The number of hydrogen-bond donors (Lipinski definition) is 1. The van der Waals surface area contributed by atoms with Crippen LogP contribution >= 0.6 is 0 Å². The van der Waals surface area contributed by atoms with Crippen molar-refractivity contribution in [2.45, 2.75) is 18.2 Å². The Bertz CT molecular complexity index is 789. The fraction of sp³-hybridized carbons (Fsp3) is 0.235. The number of benzene rings is 2.